The molecule has 0 atom stereocenters. The molecule has 0 radical (unpaired) electrons. The molecule has 2 heteroatoms. The molecule has 0 aliphatic heterocycles. The van der Waals surface area contributed by atoms with E-state index in [9.17, 15) is 0 Å². The molecule has 102 valence electrons. The summed E-state index contributed by atoms with van der Waals surface area (Å²) >= 11 is 0. The summed E-state index contributed by atoms with van der Waals surface area (Å²) in [6.45, 7) is 4.66. The monoisotopic (exact) mass is 274 g/mol. The summed E-state index contributed by atoms with van der Waals surface area (Å²) in [5.74, 6) is 0. The van der Waals surface area contributed by atoms with E-state index in [4.69, 9.17) is 5.11 Å². The fourth-order valence-corrected chi connectivity index (χ4v) is 6.22. The molecule has 1 nitrogen and oxygen atoms in total. The van der Waals surface area contributed by atoms with Crippen LogP contribution in [-0.2, 0) is 0 Å². The Balaban J connectivity index is 0.000000861. The fourth-order valence-electron chi connectivity index (χ4n) is 2.53. The van der Waals surface area contributed by atoms with Crippen LogP contribution in [0.4, 0.5) is 0 Å². The van der Waals surface area contributed by atoms with Crippen LogP contribution < -0.4 is 15.7 Å². The molecule has 0 bridgehead atoms. The second-order valence-electron chi connectivity index (χ2n) is 4.27. The highest BCUT2D eigenvalue weighted by Gasteiger charge is 2.38. The van der Waals surface area contributed by atoms with Crippen molar-refractivity contribution in [2.24, 2.45) is 0 Å². The summed E-state index contributed by atoms with van der Waals surface area (Å²) in [6, 6.07) is 22.1. The minimum atomic E-state index is -1.16. The number of benzene rings is 2. The van der Waals surface area contributed by atoms with Crippen LogP contribution in [0.25, 0.3) is 0 Å². The molecule has 0 N–H and O–H groups in total. The molecule has 0 aromatic heterocycles. The van der Waals surface area contributed by atoms with Gasteiger partial charge in [0.1, 0.15) is 0 Å². The molecule has 0 saturated carbocycles. The number of hydrogen-bond donors (Lipinski definition) is 0. The number of hydrogen-bond acceptors (Lipinski definition) is 1. The van der Waals surface area contributed by atoms with Gasteiger partial charge in [-0.1, -0.05) is 36.4 Å². The lowest BCUT2D eigenvalue weighted by atomic mass is 10.4. The van der Waals surface area contributed by atoms with Crippen molar-refractivity contribution in [1.82, 2.24) is 0 Å². The normalized spacial score (nSPS) is 10.5. The molecule has 19 heavy (non-hydrogen) atoms. The first kappa shape index (κ1) is 15.9. The van der Waals surface area contributed by atoms with Gasteiger partial charge in [-0.15, -0.1) is 0 Å². The van der Waals surface area contributed by atoms with Gasteiger partial charge in [-0.05, 0) is 38.1 Å². The zero-order valence-electron chi connectivity index (χ0n) is 12.0. The molecular weight excluding hydrogens is 251 g/mol. The number of rotatable bonds is 4. The van der Waals surface area contributed by atoms with Gasteiger partial charge in [0, 0.05) is 0 Å². The van der Waals surface area contributed by atoms with E-state index in [0.717, 1.165) is 7.11 Å². The molecule has 2 rings (SSSR count). The van der Waals surface area contributed by atoms with Crippen molar-refractivity contribution in [3.05, 3.63) is 60.7 Å². The van der Waals surface area contributed by atoms with E-state index in [2.05, 4.69) is 74.5 Å². The van der Waals surface area contributed by atoms with E-state index in [-0.39, 0.29) is 0 Å². The van der Waals surface area contributed by atoms with Gasteiger partial charge in [0.15, 0.2) is 0 Å². The average molecular weight is 274 g/mol. The molecule has 0 aliphatic rings. The quantitative estimate of drug-likeness (QED) is 0.786. The third-order valence-corrected chi connectivity index (χ3v) is 8.31. The SMILES string of the molecule is CC[P+](CC)(c1ccccc1)c1ccccc1.C[O-]. The summed E-state index contributed by atoms with van der Waals surface area (Å²) in [5, 5.41) is 11.3. The Morgan fingerprint density at radius 2 is 1.00 bits per heavy atom. The van der Waals surface area contributed by atoms with Gasteiger partial charge in [-0.3, -0.25) is 0 Å². The maximum absolute atomic E-state index is 8.25. The van der Waals surface area contributed by atoms with Crippen LogP contribution in [0.3, 0.4) is 0 Å². The Bertz CT molecular complexity index is 408. The van der Waals surface area contributed by atoms with E-state index in [1.807, 2.05) is 0 Å². The molecule has 0 unspecified atom stereocenters. The minimum absolute atomic E-state index is 0.750. The lowest BCUT2D eigenvalue weighted by Gasteiger charge is -2.24. The summed E-state index contributed by atoms with van der Waals surface area (Å²) in [4.78, 5) is 0. The molecule has 2 aromatic rings. The zero-order valence-corrected chi connectivity index (χ0v) is 12.9. The second kappa shape index (κ2) is 8.09. The molecule has 0 fully saturated rings. The van der Waals surface area contributed by atoms with E-state index in [0.29, 0.717) is 0 Å². The molecule has 0 saturated heterocycles. The van der Waals surface area contributed by atoms with E-state index in [1.165, 1.54) is 22.9 Å². The smallest absolute Gasteiger partial charge is 0.0991 e. The molecule has 0 heterocycles. The van der Waals surface area contributed by atoms with Gasteiger partial charge in [-0.25, -0.2) is 0 Å². The Hall–Kier alpha value is -1.17. The Morgan fingerprint density at radius 3 is 1.26 bits per heavy atom. The van der Waals surface area contributed by atoms with Gasteiger partial charge in [0.2, 0.25) is 0 Å². The highest BCUT2D eigenvalue weighted by molar-refractivity contribution is 7.89. The van der Waals surface area contributed by atoms with Crippen LogP contribution >= 0.6 is 7.26 Å². The van der Waals surface area contributed by atoms with Crippen LogP contribution in [-0.4, -0.2) is 19.4 Å². The van der Waals surface area contributed by atoms with Crippen molar-refractivity contribution in [2.75, 3.05) is 19.4 Å². The van der Waals surface area contributed by atoms with Crippen LogP contribution in [0, 0.1) is 0 Å². The fraction of sp³-hybridized carbons (Fsp3) is 0.294. The topological polar surface area (TPSA) is 23.1 Å². The molecule has 0 aliphatic carbocycles. The predicted molar refractivity (Wildman–Crippen MR) is 86.1 cm³/mol. The van der Waals surface area contributed by atoms with Crippen LogP contribution in [0.2, 0.25) is 0 Å². The highest BCUT2D eigenvalue weighted by Crippen LogP contribution is 2.55. The summed E-state index contributed by atoms with van der Waals surface area (Å²) < 4.78 is 0. The Morgan fingerprint density at radius 1 is 0.684 bits per heavy atom. The predicted octanol–water partition coefficient (Wildman–Crippen LogP) is 2.67. The lowest BCUT2D eigenvalue weighted by molar-refractivity contribution is -0.325. The van der Waals surface area contributed by atoms with E-state index in [1.54, 1.807) is 0 Å². The third kappa shape index (κ3) is 3.43. The van der Waals surface area contributed by atoms with E-state index < -0.39 is 7.26 Å². The van der Waals surface area contributed by atoms with Crippen molar-refractivity contribution >= 4 is 17.9 Å². The van der Waals surface area contributed by atoms with Crippen molar-refractivity contribution in [2.45, 2.75) is 13.8 Å². The van der Waals surface area contributed by atoms with E-state index >= 15 is 0 Å². The zero-order chi connectivity index (χ0) is 14.1. The van der Waals surface area contributed by atoms with Crippen molar-refractivity contribution in [3.63, 3.8) is 0 Å². The molecular formula is C17H23OP. The van der Waals surface area contributed by atoms with Crippen molar-refractivity contribution < 1.29 is 5.11 Å². The minimum Gasteiger partial charge on any atom is -0.857 e. The first-order valence-corrected chi connectivity index (χ1v) is 8.88. The second-order valence-corrected chi connectivity index (χ2v) is 8.50. The molecule has 2 aromatic carbocycles. The van der Waals surface area contributed by atoms with Crippen LogP contribution in [0.15, 0.2) is 60.7 Å². The standard InChI is InChI=1S/C16H20P.CH3O/c1-3-17(4-2,15-11-7-5-8-12-15)16-13-9-6-10-14-16;1-2/h5-14H,3-4H2,1-2H3;1H3/q+1;-1. The maximum atomic E-state index is 8.25. The molecule has 0 amide bonds. The molecule has 0 spiro atoms. The lowest BCUT2D eigenvalue weighted by Crippen LogP contribution is -2.25. The van der Waals surface area contributed by atoms with Gasteiger partial charge in [-0.2, -0.15) is 7.11 Å². The van der Waals surface area contributed by atoms with Crippen molar-refractivity contribution in [3.8, 4) is 0 Å². The van der Waals surface area contributed by atoms with Gasteiger partial charge < -0.3 is 5.11 Å². The first-order chi connectivity index (χ1) is 9.33. The van der Waals surface area contributed by atoms with Gasteiger partial charge in [0.25, 0.3) is 0 Å². The van der Waals surface area contributed by atoms with Gasteiger partial charge >= 0.3 is 0 Å². The third-order valence-electron chi connectivity index (χ3n) is 3.58. The first-order valence-electron chi connectivity index (χ1n) is 6.72. The highest BCUT2D eigenvalue weighted by atomic mass is 31.2. The van der Waals surface area contributed by atoms with Gasteiger partial charge in [0.05, 0.1) is 30.2 Å². The summed E-state index contributed by atoms with van der Waals surface area (Å²) in [7, 11) is -0.413. The van der Waals surface area contributed by atoms with Crippen molar-refractivity contribution in [1.29, 1.82) is 0 Å². The Kier molecular flexibility index (Phi) is 6.77. The maximum Gasteiger partial charge on any atom is 0.0991 e. The summed E-state index contributed by atoms with van der Waals surface area (Å²) in [5.41, 5.74) is 0. The Labute approximate surface area is 117 Å². The van der Waals surface area contributed by atoms with Crippen LogP contribution in [0.1, 0.15) is 13.8 Å². The average Bonchev–Trinajstić information content (AvgIpc) is 2.53. The van der Waals surface area contributed by atoms with Crippen LogP contribution in [0.5, 0.6) is 0 Å². The largest absolute Gasteiger partial charge is 0.857 e. The summed E-state index contributed by atoms with van der Waals surface area (Å²) in [6.07, 6.45) is 2.50.